The molecule has 0 aliphatic carbocycles. The fourth-order valence-corrected chi connectivity index (χ4v) is 1.83. The van der Waals surface area contributed by atoms with Gasteiger partial charge in [0.2, 0.25) is 0 Å². The van der Waals surface area contributed by atoms with E-state index in [-0.39, 0.29) is 12.3 Å². The highest BCUT2D eigenvalue weighted by Gasteiger charge is 2.20. The maximum absolute atomic E-state index is 12.5. The molecule has 5 nitrogen and oxygen atoms in total. The van der Waals surface area contributed by atoms with Gasteiger partial charge < -0.3 is 20.5 Å². The van der Waals surface area contributed by atoms with E-state index >= 15 is 0 Å². The van der Waals surface area contributed by atoms with Gasteiger partial charge in [0.1, 0.15) is 11.4 Å². The number of alkyl halides is 2. The summed E-state index contributed by atoms with van der Waals surface area (Å²) in [4.78, 5) is 11.6. The normalized spacial score (nSPS) is 12.9. The van der Waals surface area contributed by atoms with Gasteiger partial charge in [0.05, 0.1) is 6.04 Å². The summed E-state index contributed by atoms with van der Waals surface area (Å²) in [7, 11) is 0. The van der Waals surface area contributed by atoms with Crippen LogP contribution < -0.4 is 15.8 Å². The summed E-state index contributed by atoms with van der Waals surface area (Å²) in [5, 5.41) is 2.51. The van der Waals surface area contributed by atoms with Crippen molar-refractivity contribution in [3.63, 3.8) is 0 Å². The van der Waals surface area contributed by atoms with Gasteiger partial charge in [0, 0.05) is 12.1 Å². The zero-order valence-electron chi connectivity index (χ0n) is 13.2. The van der Waals surface area contributed by atoms with E-state index in [9.17, 15) is 13.6 Å². The molecule has 0 saturated carbocycles. The summed E-state index contributed by atoms with van der Waals surface area (Å²) in [6, 6.07) is 4.23. The number of nitrogens with one attached hydrogen (secondary N) is 1. The molecule has 124 valence electrons. The summed E-state index contributed by atoms with van der Waals surface area (Å²) < 4.78 is 34.6. The van der Waals surface area contributed by atoms with Crippen LogP contribution in [0.15, 0.2) is 18.2 Å². The minimum absolute atomic E-state index is 0.0380. The third kappa shape index (κ3) is 5.85. The molecule has 0 fully saturated rings. The van der Waals surface area contributed by atoms with Crippen LogP contribution in [0.4, 0.5) is 13.6 Å². The molecular weight excluding hydrogens is 294 g/mol. The number of benzene rings is 1. The molecule has 0 aliphatic rings. The van der Waals surface area contributed by atoms with Gasteiger partial charge in [0.25, 0.3) is 0 Å². The second-order valence-corrected chi connectivity index (χ2v) is 5.86. The first-order valence-corrected chi connectivity index (χ1v) is 6.87. The lowest BCUT2D eigenvalue weighted by Crippen LogP contribution is -2.36. The van der Waals surface area contributed by atoms with Crippen molar-refractivity contribution in [1.82, 2.24) is 5.32 Å². The highest BCUT2D eigenvalue weighted by molar-refractivity contribution is 5.67. The van der Waals surface area contributed by atoms with E-state index in [2.05, 4.69) is 10.1 Å². The van der Waals surface area contributed by atoms with Crippen molar-refractivity contribution in [3.05, 3.63) is 29.3 Å². The number of rotatable bonds is 5. The van der Waals surface area contributed by atoms with E-state index in [1.807, 2.05) is 0 Å². The summed E-state index contributed by atoms with van der Waals surface area (Å²) in [5.41, 5.74) is 6.28. The molecule has 0 aromatic heterocycles. The highest BCUT2D eigenvalue weighted by Crippen LogP contribution is 2.29. The van der Waals surface area contributed by atoms with Crippen LogP contribution in [-0.4, -0.2) is 24.9 Å². The van der Waals surface area contributed by atoms with E-state index in [1.54, 1.807) is 45.9 Å². The molecular formula is C15H22F2N2O3. The Kier molecular flexibility index (Phi) is 6.11. The molecule has 1 rings (SSSR count). The molecule has 22 heavy (non-hydrogen) atoms. The Morgan fingerprint density at radius 1 is 1.36 bits per heavy atom. The number of hydrogen-bond acceptors (Lipinski definition) is 4. The van der Waals surface area contributed by atoms with Crippen LogP contribution in [0.25, 0.3) is 0 Å². The molecule has 0 radical (unpaired) electrons. The highest BCUT2D eigenvalue weighted by atomic mass is 19.3. The molecule has 0 heterocycles. The number of carbonyl (C=O) groups is 1. The standard InChI is InChI=1S/C15H22F2N2O3/c1-9-6-5-7-10(12(9)21-13(16)17)11(18)8-19-14(20)22-15(2,3)4/h5-7,11,13H,8,18H2,1-4H3,(H,19,20). The summed E-state index contributed by atoms with van der Waals surface area (Å²) in [5.74, 6) is 0.0380. The topological polar surface area (TPSA) is 73.6 Å². The maximum atomic E-state index is 12.5. The number of carbonyl (C=O) groups excluding carboxylic acids is 1. The largest absolute Gasteiger partial charge is 0.444 e. The Bertz CT molecular complexity index is 516. The fourth-order valence-electron chi connectivity index (χ4n) is 1.83. The molecule has 1 aromatic carbocycles. The van der Waals surface area contributed by atoms with Crippen molar-refractivity contribution >= 4 is 6.09 Å². The van der Waals surface area contributed by atoms with Crippen molar-refractivity contribution in [1.29, 1.82) is 0 Å². The van der Waals surface area contributed by atoms with Crippen LogP contribution in [-0.2, 0) is 4.74 Å². The fraction of sp³-hybridized carbons (Fsp3) is 0.533. The Hall–Kier alpha value is -1.89. The van der Waals surface area contributed by atoms with Crippen molar-refractivity contribution in [2.24, 2.45) is 5.73 Å². The molecule has 0 aliphatic heterocycles. The van der Waals surface area contributed by atoms with Crippen LogP contribution in [0.2, 0.25) is 0 Å². The SMILES string of the molecule is Cc1cccc(C(N)CNC(=O)OC(C)(C)C)c1OC(F)F. The van der Waals surface area contributed by atoms with Crippen LogP contribution in [0.1, 0.15) is 37.9 Å². The van der Waals surface area contributed by atoms with Gasteiger partial charge in [-0.25, -0.2) is 4.79 Å². The predicted molar refractivity (Wildman–Crippen MR) is 79.0 cm³/mol. The molecule has 1 atom stereocenters. The Morgan fingerprint density at radius 2 is 2.00 bits per heavy atom. The quantitative estimate of drug-likeness (QED) is 0.875. The number of ether oxygens (including phenoxy) is 2. The van der Waals surface area contributed by atoms with E-state index in [0.29, 0.717) is 11.1 Å². The number of nitrogens with two attached hydrogens (primary N) is 1. The van der Waals surface area contributed by atoms with Crippen LogP contribution in [0, 0.1) is 6.92 Å². The lowest BCUT2D eigenvalue weighted by atomic mass is 10.0. The van der Waals surface area contributed by atoms with E-state index in [4.69, 9.17) is 10.5 Å². The Balaban J connectivity index is 2.75. The van der Waals surface area contributed by atoms with Gasteiger partial charge in [-0.2, -0.15) is 8.78 Å². The molecule has 0 bridgehead atoms. The Morgan fingerprint density at radius 3 is 2.55 bits per heavy atom. The third-order valence-electron chi connectivity index (χ3n) is 2.71. The number of para-hydroxylation sites is 1. The van der Waals surface area contributed by atoms with Crippen molar-refractivity contribution < 1.29 is 23.0 Å². The first-order valence-electron chi connectivity index (χ1n) is 6.87. The second kappa shape index (κ2) is 7.40. The van der Waals surface area contributed by atoms with Crippen molar-refractivity contribution in [2.45, 2.75) is 45.9 Å². The molecule has 0 saturated heterocycles. The summed E-state index contributed by atoms with van der Waals surface area (Å²) in [6.45, 7) is 3.96. The van der Waals surface area contributed by atoms with Gasteiger partial charge in [-0.05, 0) is 33.3 Å². The molecule has 1 unspecified atom stereocenters. The monoisotopic (exact) mass is 316 g/mol. The number of amides is 1. The number of alkyl carbamates (subject to hydrolysis) is 1. The number of halogens is 2. The molecule has 7 heteroatoms. The number of aryl methyl sites for hydroxylation is 1. The average Bonchev–Trinajstić information content (AvgIpc) is 2.36. The van der Waals surface area contributed by atoms with Crippen LogP contribution in [0.3, 0.4) is 0 Å². The van der Waals surface area contributed by atoms with Crippen molar-refractivity contribution in [3.8, 4) is 5.75 Å². The Labute approximate surface area is 128 Å². The maximum Gasteiger partial charge on any atom is 0.407 e. The molecule has 1 amide bonds. The lowest BCUT2D eigenvalue weighted by Gasteiger charge is -2.22. The minimum atomic E-state index is -2.94. The number of hydrogen-bond donors (Lipinski definition) is 2. The van der Waals surface area contributed by atoms with E-state index in [0.717, 1.165) is 0 Å². The predicted octanol–water partition coefficient (Wildman–Crippen LogP) is 3.12. The second-order valence-electron chi connectivity index (χ2n) is 5.86. The summed E-state index contributed by atoms with van der Waals surface area (Å²) >= 11 is 0. The van der Waals surface area contributed by atoms with Gasteiger partial charge in [-0.15, -0.1) is 0 Å². The molecule has 0 spiro atoms. The van der Waals surface area contributed by atoms with Gasteiger partial charge >= 0.3 is 12.7 Å². The van der Waals surface area contributed by atoms with Gasteiger partial charge in [-0.3, -0.25) is 0 Å². The van der Waals surface area contributed by atoms with E-state index in [1.165, 1.54) is 0 Å². The zero-order valence-corrected chi connectivity index (χ0v) is 13.2. The van der Waals surface area contributed by atoms with Crippen LogP contribution >= 0.6 is 0 Å². The molecule has 3 N–H and O–H groups in total. The van der Waals surface area contributed by atoms with Gasteiger partial charge in [-0.1, -0.05) is 18.2 Å². The van der Waals surface area contributed by atoms with E-state index < -0.39 is 24.3 Å². The zero-order chi connectivity index (χ0) is 16.9. The smallest absolute Gasteiger partial charge is 0.407 e. The minimum Gasteiger partial charge on any atom is -0.444 e. The average molecular weight is 316 g/mol. The lowest BCUT2D eigenvalue weighted by molar-refractivity contribution is -0.0511. The van der Waals surface area contributed by atoms with Crippen LogP contribution in [0.5, 0.6) is 5.75 Å². The third-order valence-corrected chi connectivity index (χ3v) is 2.71. The van der Waals surface area contributed by atoms with Crippen molar-refractivity contribution in [2.75, 3.05) is 6.54 Å². The summed E-state index contributed by atoms with van der Waals surface area (Å²) in [6.07, 6.45) is -0.619. The molecule has 1 aromatic rings. The first-order chi connectivity index (χ1) is 10.1. The van der Waals surface area contributed by atoms with Gasteiger partial charge in [0.15, 0.2) is 0 Å². The first kappa shape index (κ1) is 18.2.